The van der Waals surface area contributed by atoms with Crippen LogP contribution in [0.1, 0.15) is 5.89 Å². The number of aromatic nitrogens is 3. The molecule has 0 saturated heterocycles. The van der Waals surface area contributed by atoms with Crippen LogP contribution in [-0.2, 0) is 6.54 Å². The van der Waals surface area contributed by atoms with Crippen molar-refractivity contribution in [3.8, 4) is 11.4 Å². The van der Waals surface area contributed by atoms with Gasteiger partial charge >= 0.3 is 0 Å². The number of anilines is 1. The van der Waals surface area contributed by atoms with Gasteiger partial charge in [0.05, 0.1) is 6.54 Å². The fourth-order valence-corrected chi connectivity index (χ4v) is 1.91. The van der Waals surface area contributed by atoms with E-state index in [2.05, 4.69) is 20.4 Å². The van der Waals surface area contributed by atoms with Gasteiger partial charge in [0.25, 0.3) is 0 Å². The number of nitrogens with zero attached hydrogens (tertiary/aromatic N) is 3. The Morgan fingerprint density at radius 1 is 1.15 bits per heavy atom. The first-order valence-electron chi connectivity index (χ1n) is 6.04. The van der Waals surface area contributed by atoms with Crippen LogP contribution in [0, 0.1) is 0 Å². The lowest BCUT2D eigenvalue weighted by Gasteiger charge is -2.02. The molecule has 0 aliphatic heterocycles. The van der Waals surface area contributed by atoms with Crippen LogP contribution in [0.4, 0.5) is 5.69 Å². The number of rotatable bonds is 4. The Balaban J connectivity index is 1.69. The summed E-state index contributed by atoms with van der Waals surface area (Å²) in [6, 6.07) is 11.1. The van der Waals surface area contributed by atoms with Crippen LogP contribution in [0.3, 0.4) is 0 Å². The zero-order valence-corrected chi connectivity index (χ0v) is 11.2. The molecule has 100 valence electrons. The Labute approximate surface area is 120 Å². The average Bonchev–Trinajstić information content (AvgIpc) is 2.95. The van der Waals surface area contributed by atoms with E-state index in [0.717, 1.165) is 11.3 Å². The van der Waals surface area contributed by atoms with Gasteiger partial charge in [-0.1, -0.05) is 22.8 Å². The van der Waals surface area contributed by atoms with E-state index >= 15 is 0 Å². The van der Waals surface area contributed by atoms with Crippen molar-refractivity contribution in [2.24, 2.45) is 0 Å². The minimum absolute atomic E-state index is 0.443. The smallest absolute Gasteiger partial charge is 0.246 e. The molecule has 0 aliphatic rings. The summed E-state index contributed by atoms with van der Waals surface area (Å²) in [6.45, 7) is 0.443. The molecule has 0 saturated carbocycles. The second kappa shape index (κ2) is 5.71. The molecular weight excluding hydrogens is 276 g/mol. The van der Waals surface area contributed by atoms with E-state index in [1.807, 2.05) is 36.4 Å². The highest BCUT2D eigenvalue weighted by molar-refractivity contribution is 6.30. The Morgan fingerprint density at radius 3 is 2.80 bits per heavy atom. The molecule has 0 radical (unpaired) electrons. The summed E-state index contributed by atoms with van der Waals surface area (Å²) in [5.74, 6) is 1.06. The fourth-order valence-electron chi connectivity index (χ4n) is 1.72. The maximum absolute atomic E-state index is 5.91. The molecule has 1 aromatic carbocycles. The quantitative estimate of drug-likeness (QED) is 0.796. The number of halogens is 1. The molecule has 5 nitrogen and oxygen atoms in total. The van der Waals surface area contributed by atoms with Crippen LogP contribution in [0.25, 0.3) is 11.4 Å². The summed E-state index contributed by atoms with van der Waals surface area (Å²) in [4.78, 5) is 8.27. The topological polar surface area (TPSA) is 63.8 Å². The lowest BCUT2D eigenvalue weighted by atomic mass is 10.2. The van der Waals surface area contributed by atoms with Crippen molar-refractivity contribution in [2.75, 3.05) is 5.32 Å². The van der Waals surface area contributed by atoms with E-state index in [9.17, 15) is 0 Å². The van der Waals surface area contributed by atoms with Gasteiger partial charge in [-0.05, 0) is 30.3 Å². The first-order valence-corrected chi connectivity index (χ1v) is 6.41. The maximum Gasteiger partial charge on any atom is 0.246 e. The number of hydrogen-bond acceptors (Lipinski definition) is 5. The Morgan fingerprint density at radius 2 is 2.00 bits per heavy atom. The van der Waals surface area contributed by atoms with Crippen LogP contribution < -0.4 is 5.32 Å². The molecule has 3 rings (SSSR count). The molecule has 0 fully saturated rings. The molecule has 0 unspecified atom stereocenters. The summed E-state index contributed by atoms with van der Waals surface area (Å²) in [6.07, 6.45) is 3.38. The Hall–Kier alpha value is -2.40. The lowest BCUT2D eigenvalue weighted by molar-refractivity contribution is 0.384. The SMILES string of the molecule is Clc1cccc(NCc2nc(-c3ccncc3)no2)c1. The van der Waals surface area contributed by atoms with Gasteiger partial charge in [-0.2, -0.15) is 4.98 Å². The van der Waals surface area contributed by atoms with Crippen molar-refractivity contribution in [2.45, 2.75) is 6.54 Å². The van der Waals surface area contributed by atoms with Crippen LogP contribution in [0.5, 0.6) is 0 Å². The van der Waals surface area contributed by atoms with Crippen molar-refractivity contribution in [1.82, 2.24) is 15.1 Å². The van der Waals surface area contributed by atoms with E-state index in [4.69, 9.17) is 16.1 Å². The molecule has 0 atom stereocenters. The third kappa shape index (κ3) is 2.95. The van der Waals surface area contributed by atoms with Crippen LogP contribution in [0.2, 0.25) is 5.02 Å². The third-order valence-electron chi connectivity index (χ3n) is 2.67. The molecule has 2 heterocycles. The molecule has 3 aromatic rings. The molecular formula is C14H11ClN4O. The highest BCUT2D eigenvalue weighted by atomic mass is 35.5. The Bertz CT molecular complexity index is 699. The summed E-state index contributed by atoms with van der Waals surface area (Å²) < 4.78 is 5.19. The lowest BCUT2D eigenvalue weighted by Crippen LogP contribution is -1.99. The minimum atomic E-state index is 0.443. The fraction of sp³-hybridized carbons (Fsp3) is 0.0714. The van der Waals surface area contributed by atoms with Gasteiger partial charge in [-0.15, -0.1) is 0 Å². The standard InChI is InChI=1S/C14H11ClN4O/c15-11-2-1-3-12(8-11)17-9-13-18-14(19-20-13)10-4-6-16-7-5-10/h1-8,17H,9H2. The second-order valence-electron chi connectivity index (χ2n) is 4.11. The second-order valence-corrected chi connectivity index (χ2v) is 4.55. The number of hydrogen-bond donors (Lipinski definition) is 1. The normalized spacial score (nSPS) is 10.4. The van der Waals surface area contributed by atoms with Gasteiger partial charge in [0.1, 0.15) is 0 Å². The largest absolute Gasteiger partial charge is 0.376 e. The van der Waals surface area contributed by atoms with Gasteiger partial charge in [0.15, 0.2) is 0 Å². The molecule has 0 aliphatic carbocycles. The van der Waals surface area contributed by atoms with E-state index in [1.54, 1.807) is 12.4 Å². The first-order chi connectivity index (χ1) is 9.81. The van der Waals surface area contributed by atoms with E-state index < -0.39 is 0 Å². The highest BCUT2D eigenvalue weighted by Gasteiger charge is 2.07. The van der Waals surface area contributed by atoms with Crippen molar-refractivity contribution in [1.29, 1.82) is 0 Å². The average molecular weight is 287 g/mol. The monoisotopic (exact) mass is 286 g/mol. The van der Waals surface area contributed by atoms with Gasteiger partial charge < -0.3 is 9.84 Å². The Kier molecular flexibility index (Phi) is 3.60. The maximum atomic E-state index is 5.91. The van der Waals surface area contributed by atoms with Gasteiger partial charge in [0.2, 0.25) is 11.7 Å². The van der Waals surface area contributed by atoms with E-state index in [0.29, 0.717) is 23.3 Å². The van der Waals surface area contributed by atoms with Gasteiger partial charge in [0, 0.05) is 28.7 Å². The molecule has 0 amide bonds. The predicted molar refractivity (Wildman–Crippen MR) is 76.3 cm³/mol. The third-order valence-corrected chi connectivity index (χ3v) is 2.91. The number of pyridine rings is 1. The van der Waals surface area contributed by atoms with Gasteiger partial charge in [-0.3, -0.25) is 4.98 Å². The minimum Gasteiger partial charge on any atom is -0.376 e. The molecule has 6 heteroatoms. The number of benzene rings is 1. The predicted octanol–water partition coefficient (Wildman–Crippen LogP) is 3.40. The van der Waals surface area contributed by atoms with Crippen molar-refractivity contribution in [3.05, 3.63) is 59.7 Å². The summed E-state index contributed by atoms with van der Waals surface area (Å²) in [5, 5.41) is 7.79. The zero-order chi connectivity index (χ0) is 13.8. The highest BCUT2D eigenvalue weighted by Crippen LogP contribution is 2.17. The van der Waals surface area contributed by atoms with Crippen molar-refractivity contribution in [3.63, 3.8) is 0 Å². The molecule has 20 heavy (non-hydrogen) atoms. The summed E-state index contributed by atoms with van der Waals surface area (Å²) in [7, 11) is 0. The summed E-state index contributed by atoms with van der Waals surface area (Å²) in [5.41, 5.74) is 1.78. The van der Waals surface area contributed by atoms with Crippen LogP contribution in [-0.4, -0.2) is 15.1 Å². The molecule has 0 spiro atoms. The summed E-state index contributed by atoms with van der Waals surface area (Å²) >= 11 is 5.91. The van der Waals surface area contributed by atoms with Crippen molar-refractivity contribution < 1.29 is 4.52 Å². The van der Waals surface area contributed by atoms with E-state index in [-0.39, 0.29) is 0 Å². The first kappa shape index (κ1) is 12.6. The molecule has 0 bridgehead atoms. The van der Waals surface area contributed by atoms with Crippen molar-refractivity contribution >= 4 is 17.3 Å². The zero-order valence-electron chi connectivity index (χ0n) is 10.5. The van der Waals surface area contributed by atoms with Gasteiger partial charge in [-0.25, -0.2) is 0 Å². The number of nitrogens with one attached hydrogen (secondary N) is 1. The van der Waals surface area contributed by atoms with Crippen LogP contribution >= 0.6 is 11.6 Å². The van der Waals surface area contributed by atoms with E-state index in [1.165, 1.54) is 0 Å². The molecule has 2 aromatic heterocycles. The van der Waals surface area contributed by atoms with Crippen LogP contribution in [0.15, 0.2) is 53.3 Å². The molecule has 1 N–H and O–H groups in total.